The number of thioether (sulfide) groups is 1. The average molecular weight is 455 g/mol. The molecule has 0 saturated carbocycles. The third-order valence-electron chi connectivity index (χ3n) is 5.00. The van der Waals surface area contributed by atoms with Crippen LogP contribution in [0.15, 0.2) is 58.7 Å². The lowest BCUT2D eigenvalue weighted by atomic mass is 10.1. The van der Waals surface area contributed by atoms with Gasteiger partial charge in [0.2, 0.25) is 5.91 Å². The van der Waals surface area contributed by atoms with Crippen LogP contribution < -0.4 is 9.62 Å². The standard InChI is InChI=1S/C22H22N4O3S2/c1-4-26-18-8-6-5-7-16(18)21-19(31(26,28)29)12-23-22(25-21)30-13-20(27)24-17-10-9-14(2)11-15(17)3/h5-12H,4,13H2,1-3H3,(H,24,27). The predicted molar refractivity (Wildman–Crippen MR) is 123 cm³/mol. The molecule has 1 aliphatic rings. The van der Waals surface area contributed by atoms with Crippen molar-refractivity contribution >= 4 is 39.1 Å². The zero-order valence-electron chi connectivity index (χ0n) is 17.4. The maximum Gasteiger partial charge on any atom is 0.268 e. The lowest BCUT2D eigenvalue weighted by Crippen LogP contribution is -2.34. The van der Waals surface area contributed by atoms with Gasteiger partial charge in [0, 0.05) is 17.8 Å². The van der Waals surface area contributed by atoms with E-state index in [1.165, 1.54) is 22.3 Å². The highest BCUT2D eigenvalue weighted by atomic mass is 32.2. The number of anilines is 2. The van der Waals surface area contributed by atoms with Crippen molar-refractivity contribution in [3.8, 4) is 11.3 Å². The lowest BCUT2D eigenvalue weighted by molar-refractivity contribution is -0.113. The molecule has 3 aromatic rings. The molecule has 0 atom stereocenters. The Bertz CT molecular complexity index is 1280. The molecule has 0 spiro atoms. The molecule has 160 valence electrons. The Kier molecular flexibility index (Phi) is 5.72. The van der Waals surface area contributed by atoms with Crippen LogP contribution in [0.1, 0.15) is 18.1 Å². The van der Waals surface area contributed by atoms with Crippen LogP contribution in [0.3, 0.4) is 0 Å². The topological polar surface area (TPSA) is 92.3 Å². The van der Waals surface area contributed by atoms with E-state index in [1.54, 1.807) is 19.1 Å². The minimum Gasteiger partial charge on any atom is -0.325 e. The number of aryl methyl sites for hydroxylation is 2. The van der Waals surface area contributed by atoms with E-state index in [2.05, 4.69) is 15.3 Å². The van der Waals surface area contributed by atoms with E-state index >= 15 is 0 Å². The van der Waals surface area contributed by atoms with Crippen molar-refractivity contribution in [3.63, 3.8) is 0 Å². The summed E-state index contributed by atoms with van der Waals surface area (Å²) in [7, 11) is -3.72. The molecule has 0 saturated heterocycles. The first-order valence-electron chi connectivity index (χ1n) is 9.80. The number of fused-ring (bicyclic) bond motifs is 3. The number of nitrogens with one attached hydrogen (secondary N) is 1. The van der Waals surface area contributed by atoms with E-state index < -0.39 is 10.0 Å². The van der Waals surface area contributed by atoms with Gasteiger partial charge in [-0.05, 0) is 38.5 Å². The van der Waals surface area contributed by atoms with Crippen LogP contribution in [0.25, 0.3) is 11.3 Å². The molecule has 0 fully saturated rings. The largest absolute Gasteiger partial charge is 0.325 e. The molecular formula is C22H22N4O3S2. The van der Waals surface area contributed by atoms with Gasteiger partial charge in [-0.1, -0.05) is 47.7 Å². The number of benzene rings is 2. The van der Waals surface area contributed by atoms with E-state index in [4.69, 9.17) is 0 Å². The van der Waals surface area contributed by atoms with Crippen LogP contribution in [0.5, 0.6) is 0 Å². The molecule has 1 aliphatic heterocycles. The van der Waals surface area contributed by atoms with Gasteiger partial charge in [0.05, 0.1) is 23.3 Å². The SMILES string of the molecule is CCN1c2ccccc2-c2nc(SCC(=O)Nc3ccc(C)cc3C)ncc2S1(=O)=O. The molecule has 1 aromatic heterocycles. The van der Waals surface area contributed by atoms with Crippen molar-refractivity contribution in [1.29, 1.82) is 0 Å². The highest BCUT2D eigenvalue weighted by molar-refractivity contribution is 7.99. The summed E-state index contributed by atoms with van der Waals surface area (Å²) < 4.78 is 27.4. The first-order valence-corrected chi connectivity index (χ1v) is 12.2. The van der Waals surface area contributed by atoms with Gasteiger partial charge in [-0.15, -0.1) is 0 Å². The maximum atomic E-state index is 13.0. The number of carbonyl (C=O) groups excluding carboxylic acids is 1. The minimum atomic E-state index is -3.72. The molecule has 1 N–H and O–H groups in total. The van der Waals surface area contributed by atoms with Crippen LogP contribution in [-0.4, -0.2) is 36.6 Å². The predicted octanol–water partition coefficient (Wildman–Crippen LogP) is 4.02. The number of hydrogen-bond acceptors (Lipinski definition) is 6. The van der Waals surface area contributed by atoms with Gasteiger partial charge in [0.15, 0.2) is 5.16 Å². The van der Waals surface area contributed by atoms with E-state index in [0.717, 1.165) is 22.4 Å². The molecule has 1 amide bonds. The number of para-hydroxylation sites is 1. The summed E-state index contributed by atoms with van der Waals surface area (Å²) in [6.45, 7) is 6.05. The molecule has 0 unspecified atom stereocenters. The van der Waals surface area contributed by atoms with E-state index in [0.29, 0.717) is 23.1 Å². The molecule has 9 heteroatoms. The summed E-state index contributed by atoms with van der Waals surface area (Å²) in [6, 6.07) is 13.1. The van der Waals surface area contributed by atoms with Crippen molar-refractivity contribution in [3.05, 3.63) is 59.8 Å². The molecule has 4 rings (SSSR count). The van der Waals surface area contributed by atoms with Crippen LogP contribution in [-0.2, 0) is 14.8 Å². The summed E-state index contributed by atoms with van der Waals surface area (Å²) in [5, 5.41) is 3.25. The van der Waals surface area contributed by atoms with Gasteiger partial charge in [-0.25, -0.2) is 18.4 Å². The first-order chi connectivity index (χ1) is 14.8. The monoisotopic (exact) mass is 454 g/mol. The highest BCUT2D eigenvalue weighted by Gasteiger charge is 2.35. The molecule has 2 heterocycles. The third-order valence-corrected chi connectivity index (χ3v) is 7.76. The molecule has 0 bridgehead atoms. The Hall–Kier alpha value is -2.91. The number of amides is 1. The van der Waals surface area contributed by atoms with Crippen molar-refractivity contribution in [1.82, 2.24) is 9.97 Å². The fourth-order valence-electron chi connectivity index (χ4n) is 3.56. The quantitative estimate of drug-likeness (QED) is 0.462. The van der Waals surface area contributed by atoms with Crippen molar-refractivity contribution in [2.45, 2.75) is 30.8 Å². The van der Waals surface area contributed by atoms with E-state index in [-0.39, 0.29) is 16.6 Å². The number of nitrogens with zero attached hydrogens (tertiary/aromatic N) is 3. The molecule has 2 aromatic carbocycles. The Morgan fingerprint density at radius 1 is 1.16 bits per heavy atom. The fourth-order valence-corrected chi connectivity index (χ4v) is 5.75. The summed E-state index contributed by atoms with van der Waals surface area (Å²) >= 11 is 1.17. The Morgan fingerprint density at radius 2 is 1.94 bits per heavy atom. The van der Waals surface area contributed by atoms with Crippen LogP contribution >= 0.6 is 11.8 Å². The number of sulfonamides is 1. The summed E-state index contributed by atoms with van der Waals surface area (Å²) in [5.41, 5.74) is 4.59. The van der Waals surface area contributed by atoms with Gasteiger partial charge in [0.1, 0.15) is 4.90 Å². The lowest BCUT2D eigenvalue weighted by Gasteiger charge is -2.30. The van der Waals surface area contributed by atoms with Crippen molar-refractivity contribution in [2.75, 3.05) is 21.9 Å². The van der Waals surface area contributed by atoms with Crippen LogP contribution in [0.4, 0.5) is 11.4 Å². The third kappa shape index (κ3) is 4.03. The van der Waals surface area contributed by atoms with E-state index in [1.807, 2.05) is 44.2 Å². The molecule has 0 radical (unpaired) electrons. The number of hydrogen-bond donors (Lipinski definition) is 1. The fraction of sp³-hybridized carbons (Fsp3) is 0.227. The molecule has 0 aliphatic carbocycles. The number of carbonyl (C=O) groups is 1. The van der Waals surface area contributed by atoms with Crippen molar-refractivity contribution < 1.29 is 13.2 Å². The Balaban J connectivity index is 1.57. The van der Waals surface area contributed by atoms with Gasteiger partial charge < -0.3 is 5.32 Å². The smallest absolute Gasteiger partial charge is 0.268 e. The number of rotatable bonds is 5. The second-order valence-electron chi connectivity index (χ2n) is 7.21. The number of aromatic nitrogens is 2. The Morgan fingerprint density at radius 3 is 2.68 bits per heavy atom. The van der Waals surface area contributed by atoms with Gasteiger partial charge >= 0.3 is 0 Å². The zero-order chi connectivity index (χ0) is 22.2. The maximum absolute atomic E-state index is 13.0. The Labute approximate surface area is 186 Å². The molecule has 7 nitrogen and oxygen atoms in total. The van der Waals surface area contributed by atoms with Crippen LogP contribution in [0, 0.1) is 13.8 Å². The second kappa shape index (κ2) is 8.32. The first kappa shape index (κ1) is 21.3. The summed E-state index contributed by atoms with van der Waals surface area (Å²) in [4.78, 5) is 21.2. The van der Waals surface area contributed by atoms with Gasteiger partial charge in [-0.2, -0.15) is 0 Å². The summed E-state index contributed by atoms with van der Waals surface area (Å²) in [6.07, 6.45) is 1.33. The van der Waals surface area contributed by atoms with Gasteiger partial charge in [0.25, 0.3) is 10.0 Å². The van der Waals surface area contributed by atoms with E-state index in [9.17, 15) is 13.2 Å². The molecule has 31 heavy (non-hydrogen) atoms. The normalized spacial score (nSPS) is 14.0. The van der Waals surface area contributed by atoms with Crippen LogP contribution in [0.2, 0.25) is 0 Å². The van der Waals surface area contributed by atoms with Crippen molar-refractivity contribution in [2.24, 2.45) is 0 Å². The molecular weight excluding hydrogens is 432 g/mol. The minimum absolute atomic E-state index is 0.0807. The second-order valence-corrected chi connectivity index (χ2v) is 9.98. The highest BCUT2D eigenvalue weighted by Crippen LogP contribution is 2.41. The average Bonchev–Trinajstić information content (AvgIpc) is 2.74. The zero-order valence-corrected chi connectivity index (χ0v) is 19.0. The summed E-state index contributed by atoms with van der Waals surface area (Å²) in [5.74, 6) is -0.0647. The van der Waals surface area contributed by atoms with Gasteiger partial charge in [-0.3, -0.25) is 9.10 Å².